The zero-order valence-corrected chi connectivity index (χ0v) is 26.0. The normalized spacial score (nSPS) is 31.6. The van der Waals surface area contributed by atoms with Gasteiger partial charge in [0.15, 0.2) is 0 Å². The highest BCUT2D eigenvalue weighted by Gasteiger charge is 2.80. The Morgan fingerprint density at radius 1 is 1.07 bits per heavy atom. The number of benzene rings is 1. The number of aliphatic hydroxyl groups excluding tert-OH is 1. The standard InChI is InChI=1S/C35H49N3O5/c1-5-19-36(24-26-15-9-7-10-16-26)31(40)28-29-32(41)38(21-13-14-22-39)30(35(29)23-25(3)34(28,4)43-35)33(42)37(20-6-2)27-17-11-8-12-18-27/h5-7,9-10,15-16,25,27-30,39H,1-2,8,11-14,17-24H2,3-4H3/t25?,28-,29-,30?,34+,35?/m0/s1. The highest BCUT2D eigenvalue weighted by molar-refractivity contribution is 5.99. The smallest absolute Gasteiger partial charge is 0.248 e. The summed E-state index contributed by atoms with van der Waals surface area (Å²) in [6.45, 7) is 13.4. The number of hydrogen-bond acceptors (Lipinski definition) is 5. The van der Waals surface area contributed by atoms with Crippen molar-refractivity contribution < 1.29 is 24.2 Å². The average molecular weight is 592 g/mol. The van der Waals surface area contributed by atoms with E-state index in [0.29, 0.717) is 45.4 Å². The maximum atomic E-state index is 14.8. The van der Waals surface area contributed by atoms with Crippen molar-refractivity contribution in [2.24, 2.45) is 17.8 Å². The van der Waals surface area contributed by atoms with E-state index in [1.807, 2.05) is 42.2 Å². The molecular formula is C35H49N3O5. The second-order valence-corrected chi connectivity index (χ2v) is 13.2. The first-order valence-electron chi connectivity index (χ1n) is 16.2. The summed E-state index contributed by atoms with van der Waals surface area (Å²) in [5.41, 5.74) is -0.960. The number of hydrogen-bond donors (Lipinski definition) is 1. The molecule has 5 rings (SSSR count). The third kappa shape index (κ3) is 5.46. The number of nitrogens with zero attached hydrogens (tertiary/aromatic N) is 3. The number of likely N-dealkylation sites (tertiary alicyclic amines) is 1. The summed E-state index contributed by atoms with van der Waals surface area (Å²) in [5, 5.41) is 9.52. The Bertz CT molecular complexity index is 1200. The molecule has 2 bridgehead atoms. The van der Waals surface area contributed by atoms with E-state index in [4.69, 9.17) is 4.74 Å². The fourth-order valence-electron chi connectivity index (χ4n) is 8.53. The summed E-state index contributed by atoms with van der Waals surface area (Å²) in [7, 11) is 0. The van der Waals surface area contributed by atoms with Gasteiger partial charge in [-0.05, 0) is 50.5 Å². The maximum absolute atomic E-state index is 14.8. The van der Waals surface area contributed by atoms with Crippen LogP contribution in [-0.2, 0) is 25.7 Å². The molecule has 1 spiro atoms. The van der Waals surface area contributed by atoms with E-state index in [1.165, 1.54) is 6.42 Å². The number of fused-ring (bicyclic) bond motifs is 1. The second kappa shape index (κ2) is 12.9. The molecule has 1 aromatic carbocycles. The lowest BCUT2D eigenvalue weighted by molar-refractivity contribution is -0.156. The Hall–Kier alpha value is -2.97. The monoisotopic (exact) mass is 591 g/mol. The van der Waals surface area contributed by atoms with E-state index in [9.17, 15) is 19.5 Å². The Morgan fingerprint density at radius 2 is 1.77 bits per heavy atom. The Labute approximate surface area is 256 Å². The first kappa shape index (κ1) is 31.5. The van der Waals surface area contributed by atoms with E-state index in [2.05, 4.69) is 20.1 Å². The van der Waals surface area contributed by atoms with Crippen LogP contribution in [0.5, 0.6) is 0 Å². The molecule has 3 saturated heterocycles. The van der Waals surface area contributed by atoms with E-state index in [-0.39, 0.29) is 36.3 Å². The SMILES string of the molecule is C=CCN(Cc1ccccc1)C(=O)[C@@H]1[C@H]2C(=O)N(CCCCO)C(C(=O)N(CC=C)C3CCCCC3)C23CC(C)[C@@]1(C)O3. The molecule has 3 unspecified atom stereocenters. The summed E-state index contributed by atoms with van der Waals surface area (Å²) in [4.78, 5) is 49.3. The van der Waals surface area contributed by atoms with Gasteiger partial charge in [-0.2, -0.15) is 0 Å². The molecule has 1 N–H and O–H groups in total. The van der Waals surface area contributed by atoms with E-state index in [1.54, 1.807) is 22.0 Å². The second-order valence-electron chi connectivity index (χ2n) is 13.2. The van der Waals surface area contributed by atoms with Crippen LogP contribution in [-0.4, -0.2) is 87.1 Å². The molecule has 43 heavy (non-hydrogen) atoms. The van der Waals surface area contributed by atoms with Gasteiger partial charge in [-0.15, -0.1) is 13.2 Å². The molecule has 3 aliphatic heterocycles. The Kier molecular flexibility index (Phi) is 9.47. The van der Waals surface area contributed by atoms with Gasteiger partial charge in [0.1, 0.15) is 11.6 Å². The van der Waals surface area contributed by atoms with Crippen LogP contribution in [0.4, 0.5) is 0 Å². The summed E-state index contributed by atoms with van der Waals surface area (Å²) in [6, 6.07) is 9.12. The van der Waals surface area contributed by atoms with Gasteiger partial charge in [0, 0.05) is 38.8 Å². The van der Waals surface area contributed by atoms with Crippen LogP contribution in [0.25, 0.3) is 0 Å². The molecule has 8 heteroatoms. The topological polar surface area (TPSA) is 90.4 Å². The summed E-state index contributed by atoms with van der Waals surface area (Å²) < 4.78 is 6.99. The highest BCUT2D eigenvalue weighted by Crippen LogP contribution is 2.65. The lowest BCUT2D eigenvalue weighted by Crippen LogP contribution is -2.58. The summed E-state index contributed by atoms with van der Waals surface area (Å²) in [5.74, 6) is -1.88. The summed E-state index contributed by atoms with van der Waals surface area (Å²) >= 11 is 0. The van der Waals surface area contributed by atoms with Crippen molar-refractivity contribution in [3.05, 3.63) is 61.2 Å². The van der Waals surface area contributed by atoms with Crippen molar-refractivity contribution >= 4 is 17.7 Å². The van der Waals surface area contributed by atoms with Crippen molar-refractivity contribution in [1.82, 2.24) is 14.7 Å². The van der Waals surface area contributed by atoms with Crippen LogP contribution in [0.1, 0.15) is 70.8 Å². The van der Waals surface area contributed by atoms with E-state index >= 15 is 0 Å². The van der Waals surface area contributed by atoms with Crippen molar-refractivity contribution in [1.29, 1.82) is 0 Å². The minimum Gasteiger partial charge on any atom is -0.396 e. The van der Waals surface area contributed by atoms with Crippen LogP contribution in [0, 0.1) is 17.8 Å². The molecule has 8 nitrogen and oxygen atoms in total. The van der Waals surface area contributed by atoms with Gasteiger partial charge in [0.05, 0.1) is 17.4 Å². The quantitative estimate of drug-likeness (QED) is 0.273. The number of rotatable bonds is 13. The van der Waals surface area contributed by atoms with Gasteiger partial charge in [-0.25, -0.2) is 0 Å². The molecule has 0 radical (unpaired) electrons. The highest BCUT2D eigenvalue weighted by atomic mass is 16.5. The van der Waals surface area contributed by atoms with Gasteiger partial charge in [0.2, 0.25) is 17.7 Å². The van der Waals surface area contributed by atoms with Crippen LogP contribution >= 0.6 is 0 Å². The Balaban J connectivity index is 1.54. The third-order valence-electron chi connectivity index (χ3n) is 10.6. The largest absolute Gasteiger partial charge is 0.396 e. The minimum absolute atomic E-state index is 0.0165. The molecule has 6 atom stereocenters. The molecule has 1 saturated carbocycles. The van der Waals surface area contributed by atoms with E-state index in [0.717, 1.165) is 31.2 Å². The molecular weight excluding hydrogens is 542 g/mol. The molecule has 3 amide bonds. The van der Waals surface area contributed by atoms with Crippen LogP contribution in [0.3, 0.4) is 0 Å². The predicted molar refractivity (Wildman–Crippen MR) is 166 cm³/mol. The number of aliphatic hydroxyl groups is 1. The number of unbranched alkanes of at least 4 members (excludes halogenated alkanes) is 1. The first-order chi connectivity index (χ1) is 20.7. The molecule has 4 aliphatic rings. The lowest BCUT2D eigenvalue weighted by Gasteiger charge is -2.41. The predicted octanol–water partition coefficient (Wildman–Crippen LogP) is 4.33. The van der Waals surface area contributed by atoms with Crippen LogP contribution in [0.15, 0.2) is 55.6 Å². The van der Waals surface area contributed by atoms with Gasteiger partial charge < -0.3 is 24.5 Å². The molecule has 234 valence electrons. The maximum Gasteiger partial charge on any atom is 0.248 e. The van der Waals surface area contributed by atoms with Gasteiger partial charge >= 0.3 is 0 Å². The van der Waals surface area contributed by atoms with Crippen LogP contribution < -0.4 is 0 Å². The number of carbonyl (C=O) groups excluding carboxylic acids is 3. The van der Waals surface area contributed by atoms with Crippen LogP contribution in [0.2, 0.25) is 0 Å². The molecule has 1 aliphatic carbocycles. The van der Waals surface area contributed by atoms with Crippen molar-refractivity contribution in [3.63, 3.8) is 0 Å². The van der Waals surface area contributed by atoms with E-state index < -0.39 is 29.1 Å². The fraction of sp³-hybridized carbons (Fsp3) is 0.629. The lowest BCUT2D eigenvalue weighted by atomic mass is 9.62. The summed E-state index contributed by atoms with van der Waals surface area (Å²) in [6.07, 6.45) is 10.3. The number of carbonyl (C=O) groups is 3. The van der Waals surface area contributed by atoms with Gasteiger partial charge in [-0.3, -0.25) is 14.4 Å². The molecule has 0 aromatic heterocycles. The van der Waals surface area contributed by atoms with Crippen molar-refractivity contribution in [3.8, 4) is 0 Å². The zero-order chi connectivity index (χ0) is 30.8. The van der Waals surface area contributed by atoms with Crippen molar-refractivity contribution in [2.75, 3.05) is 26.2 Å². The average Bonchev–Trinajstić information content (AvgIpc) is 3.52. The Morgan fingerprint density at radius 3 is 2.42 bits per heavy atom. The van der Waals surface area contributed by atoms with Gasteiger partial charge in [0.25, 0.3) is 0 Å². The third-order valence-corrected chi connectivity index (χ3v) is 10.6. The van der Waals surface area contributed by atoms with Gasteiger partial charge in [-0.1, -0.05) is 68.7 Å². The van der Waals surface area contributed by atoms with Crippen molar-refractivity contribution in [2.45, 2.75) is 95.0 Å². The molecule has 1 aromatic rings. The first-order valence-corrected chi connectivity index (χ1v) is 16.2. The molecule has 4 fully saturated rings. The fourth-order valence-corrected chi connectivity index (χ4v) is 8.53. The number of amides is 3. The zero-order valence-electron chi connectivity index (χ0n) is 26.0. The number of ether oxygens (including phenoxy) is 1. The molecule has 3 heterocycles. The minimum atomic E-state index is -1.08.